The van der Waals surface area contributed by atoms with E-state index in [-0.39, 0.29) is 47.3 Å². The highest BCUT2D eigenvalue weighted by Crippen LogP contribution is 2.52. The summed E-state index contributed by atoms with van der Waals surface area (Å²) in [6.07, 6.45) is -5.47. The largest absolute Gasteiger partial charge is 0.507 e. The summed E-state index contributed by atoms with van der Waals surface area (Å²) in [4.78, 5) is 27.1. The van der Waals surface area contributed by atoms with Crippen molar-refractivity contribution in [2.75, 3.05) is 7.11 Å². The van der Waals surface area contributed by atoms with Gasteiger partial charge in [-0.2, -0.15) is 0 Å². The van der Waals surface area contributed by atoms with Gasteiger partial charge in [0.05, 0.1) is 53.8 Å². The van der Waals surface area contributed by atoms with Gasteiger partial charge in [0.15, 0.2) is 12.1 Å². The number of aliphatic hydroxyl groups is 3. The highest BCUT2D eigenvalue weighted by atomic mass is 16.7. The van der Waals surface area contributed by atoms with Crippen LogP contribution in [0.2, 0.25) is 0 Å². The van der Waals surface area contributed by atoms with Gasteiger partial charge in [-0.25, -0.2) is 0 Å². The number of phenolic OH excluding ortho intramolecular Hbond substituents is 2. The minimum absolute atomic E-state index is 0.00187. The number of carbonyl (C=O) groups is 2. The van der Waals surface area contributed by atoms with Crippen molar-refractivity contribution in [3.05, 3.63) is 51.6 Å². The summed E-state index contributed by atoms with van der Waals surface area (Å²) in [6.45, 7) is 3.00. The molecule has 0 saturated carbocycles. The number of benzene rings is 2. The molecule has 11 nitrogen and oxygen atoms in total. The fourth-order valence-corrected chi connectivity index (χ4v) is 5.74. The Morgan fingerprint density at radius 3 is 2.45 bits per heavy atom. The number of fused-ring (bicyclic) bond motifs is 3. The predicted octanol–water partition coefficient (Wildman–Crippen LogP) is 0.821. The molecule has 0 spiro atoms. The maximum atomic E-state index is 13.6. The number of phenols is 2. The predicted molar refractivity (Wildman–Crippen MR) is 131 cm³/mol. The number of hydrogen-bond donors (Lipinski definition) is 6. The van der Waals surface area contributed by atoms with Crippen LogP contribution in [0.1, 0.15) is 75.8 Å². The second-order valence-electron chi connectivity index (χ2n) is 10.3. The molecule has 1 heterocycles. The maximum Gasteiger partial charge on any atom is 0.202 e. The number of aromatic hydroxyl groups is 2. The summed E-state index contributed by atoms with van der Waals surface area (Å²) < 4.78 is 17.1. The third-order valence-corrected chi connectivity index (χ3v) is 7.95. The third-order valence-electron chi connectivity index (χ3n) is 7.95. The van der Waals surface area contributed by atoms with E-state index in [1.807, 2.05) is 0 Å². The number of rotatable bonds is 4. The van der Waals surface area contributed by atoms with Crippen LogP contribution in [0.25, 0.3) is 0 Å². The first-order valence-electron chi connectivity index (χ1n) is 12.4. The highest BCUT2D eigenvalue weighted by Gasteiger charge is 2.49. The first-order chi connectivity index (χ1) is 17.9. The number of nitrogens with two attached hydrogens (primary N) is 1. The van der Waals surface area contributed by atoms with Crippen molar-refractivity contribution in [1.82, 2.24) is 0 Å². The molecule has 0 unspecified atom stereocenters. The van der Waals surface area contributed by atoms with Crippen molar-refractivity contribution in [3.8, 4) is 17.2 Å². The lowest BCUT2D eigenvalue weighted by Crippen LogP contribution is -2.53. The summed E-state index contributed by atoms with van der Waals surface area (Å²) in [5, 5.41) is 54.7. The number of aliphatic hydroxyl groups excluding tert-OH is 2. The summed E-state index contributed by atoms with van der Waals surface area (Å²) in [5.74, 6) is -2.44. The number of hydrogen-bond acceptors (Lipinski definition) is 11. The summed E-state index contributed by atoms with van der Waals surface area (Å²) >= 11 is 0. The fourth-order valence-electron chi connectivity index (χ4n) is 5.74. The molecule has 0 radical (unpaired) electrons. The number of carbonyl (C=O) groups excluding carboxylic acids is 2. The molecule has 2 aromatic carbocycles. The zero-order valence-electron chi connectivity index (χ0n) is 21.2. The van der Waals surface area contributed by atoms with Crippen molar-refractivity contribution in [2.24, 2.45) is 5.73 Å². The van der Waals surface area contributed by atoms with E-state index in [4.69, 9.17) is 19.9 Å². The highest BCUT2D eigenvalue weighted by molar-refractivity contribution is 6.31. The van der Waals surface area contributed by atoms with Crippen LogP contribution in [-0.2, 0) is 15.9 Å². The molecule has 1 saturated heterocycles. The molecular weight excluding hydrogens is 498 g/mol. The van der Waals surface area contributed by atoms with Gasteiger partial charge < -0.3 is 45.5 Å². The van der Waals surface area contributed by atoms with Crippen LogP contribution >= 0.6 is 0 Å². The van der Waals surface area contributed by atoms with Gasteiger partial charge in [0.25, 0.3) is 0 Å². The molecule has 38 heavy (non-hydrogen) atoms. The Hall–Kier alpha value is -3.06. The Morgan fingerprint density at radius 1 is 1.13 bits per heavy atom. The minimum atomic E-state index is -1.80. The van der Waals surface area contributed by atoms with Crippen LogP contribution in [0.4, 0.5) is 0 Å². The summed E-state index contributed by atoms with van der Waals surface area (Å²) in [7, 11) is 1.35. The van der Waals surface area contributed by atoms with Gasteiger partial charge in [-0.05, 0) is 19.9 Å². The first-order valence-corrected chi connectivity index (χ1v) is 12.4. The molecule has 2 aromatic rings. The molecule has 11 heteroatoms. The van der Waals surface area contributed by atoms with Crippen LogP contribution in [0, 0.1) is 0 Å². The van der Waals surface area contributed by atoms with Gasteiger partial charge >= 0.3 is 0 Å². The van der Waals surface area contributed by atoms with Crippen molar-refractivity contribution >= 4 is 11.6 Å². The van der Waals surface area contributed by atoms with E-state index in [2.05, 4.69) is 0 Å². The average molecular weight is 530 g/mol. The Balaban J connectivity index is 1.68. The van der Waals surface area contributed by atoms with Crippen LogP contribution in [0.3, 0.4) is 0 Å². The van der Waals surface area contributed by atoms with E-state index < -0.39 is 76.5 Å². The Labute approximate surface area is 218 Å². The lowest BCUT2D eigenvalue weighted by molar-refractivity contribution is -0.250. The second kappa shape index (κ2) is 9.30. The van der Waals surface area contributed by atoms with Crippen LogP contribution < -0.4 is 10.5 Å². The lowest BCUT2D eigenvalue weighted by atomic mass is 9.71. The molecule has 7 atom stereocenters. The fraction of sp³-hybridized carbons (Fsp3) is 0.481. The van der Waals surface area contributed by atoms with Gasteiger partial charge in [0.1, 0.15) is 17.2 Å². The minimum Gasteiger partial charge on any atom is -0.507 e. The lowest BCUT2D eigenvalue weighted by Gasteiger charge is -2.43. The standard InChI is InChI=1S/C27H31NO10/c1-10-22(30)14(28)7-17(37-10)38-16-9-27(35,11(2)29)8-13-19(16)26(34)21-20(24(13)32)23(31)12-5-4-6-15(36-3)18(12)25(21)33/h4-6,10-11,14,16-17,22,29-30,32,34-35H,7-9,28H2,1-3H3/t10-,11-,14-,16-,17+,22-,27+/m1/s1. The zero-order valence-corrected chi connectivity index (χ0v) is 21.2. The molecule has 5 rings (SSSR count). The van der Waals surface area contributed by atoms with Gasteiger partial charge in [0.2, 0.25) is 5.78 Å². The Kier molecular flexibility index (Phi) is 6.49. The van der Waals surface area contributed by atoms with E-state index in [9.17, 15) is 35.1 Å². The molecule has 1 aliphatic heterocycles. The van der Waals surface area contributed by atoms with Crippen LogP contribution in [-0.4, -0.2) is 80.5 Å². The topological polar surface area (TPSA) is 189 Å². The molecule has 7 N–H and O–H groups in total. The van der Waals surface area contributed by atoms with Crippen molar-refractivity contribution in [2.45, 2.75) is 75.5 Å². The maximum absolute atomic E-state index is 13.6. The first kappa shape index (κ1) is 26.5. The van der Waals surface area contributed by atoms with Crippen molar-refractivity contribution < 1.29 is 49.3 Å². The van der Waals surface area contributed by atoms with E-state index in [1.54, 1.807) is 6.92 Å². The normalized spacial score (nSPS) is 31.3. The van der Waals surface area contributed by atoms with E-state index in [0.717, 1.165) is 0 Å². The summed E-state index contributed by atoms with van der Waals surface area (Å²) in [6, 6.07) is 3.80. The quantitative estimate of drug-likeness (QED) is 0.263. The molecule has 204 valence electrons. The smallest absolute Gasteiger partial charge is 0.202 e. The van der Waals surface area contributed by atoms with Gasteiger partial charge in [0, 0.05) is 42.0 Å². The molecule has 0 amide bonds. The average Bonchev–Trinajstić information content (AvgIpc) is 2.87. The third kappa shape index (κ3) is 3.89. The van der Waals surface area contributed by atoms with Gasteiger partial charge in [-0.3, -0.25) is 9.59 Å². The number of ketones is 2. The summed E-state index contributed by atoms with van der Waals surface area (Å²) in [5.41, 5.74) is 3.37. The van der Waals surface area contributed by atoms with E-state index >= 15 is 0 Å². The number of ether oxygens (including phenoxy) is 3. The molecule has 0 aromatic heterocycles. The van der Waals surface area contributed by atoms with Crippen molar-refractivity contribution in [3.63, 3.8) is 0 Å². The van der Waals surface area contributed by atoms with Crippen LogP contribution in [0.15, 0.2) is 18.2 Å². The van der Waals surface area contributed by atoms with Gasteiger partial charge in [-0.15, -0.1) is 0 Å². The van der Waals surface area contributed by atoms with E-state index in [0.29, 0.717) is 0 Å². The molecule has 0 bridgehead atoms. The molecule has 3 aliphatic rings. The SMILES string of the molecule is COc1cccc2c1C(=O)c1c(O)c3c(c(O)c1C2=O)C[C@@](O)([C@@H](C)O)C[C@H]3O[C@H]1C[C@@H](N)[C@H](O)[C@@H](C)O1. The zero-order chi connectivity index (χ0) is 27.7. The van der Waals surface area contributed by atoms with Gasteiger partial charge in [-0.1, -0.05) is 12.1 Å². The molecule has 1 fully saturated rings. The molecular formula is C27H31NO10. The number of methoxy groups -OCH3 is 1. The van der Waals surface area contributed by atoms with Crippen LogP contribution in [0.5, 0.6) is 17.2 Å². The Morgan fingerprint density at radius 2 is 1.82 bits per heavy atom. The monoisotopic (exact) mass is 529 g/mol. The molecule has 2 aliphatic carbocycles. The second-order valence-corrected chi connectivity index (χ2v) is 10.3. The van der Waals surface area contributed by atoms with E-state index in [1.165, 1.54) is 32.2 Å². The van der Waals surface area contributed by atoms with Crippen molar-refractivity contribution in [1.29, 1.82) is 0 Å². The Bertz CT molecular complexity index is 1310.